The fourth-order valence-corrected chi connectivity index (χ4v) is 4.90. The highest BCUT2D eigenvalue weighted by atomic mass is 16.5. The fourth-order valence-electron chi connectivity index (χ4n) is 4.90. The molecule has 0 saturated carbocycles. The molecule has 7 nitrogen and oxygen atoms in total. The maximum absolute atomic E-state index is 12.9. The molecule has 4 rings (SSSR count). The van der Waals surface area contributed by atoms with E-state index in [1.165, 1.54) is 0 Å². The molecule has 2 aromatic carbocycles. The molecule has 2 aromatic rings. The second kappa shape index (κ2) is 9.02. The van der Waals surface area contributed by atoms with E-state index in [0.717, 1.165) is 22.3 Å². The number of aliphatic carboxylic acids is 1. The third-order valence-corrected chi connectivity index (χ3v) is 6.70. The number of nitrogens with zero attached hydrogens (tertiary/aromatic N) is 1. The normalized spacial score (nSPS) is 20.4. The van der Waals surface area contributed by atoms with Gasteiger partial charge in [-0.05, 0) is 42.0 Å². The highest BCUT2D eigenvalue weighted by molar-refractivity contribution is 5.87. The number of fused-ring (bicyclic) bond motifs is 3. The highest BCUT2D eigenvalue weighted by Crippen LogP contribution is 2.44. The Labute approximate surface area is 187 Å². The Balaban J connectivity index is 1.39. The Morgan fingerprint density at radius 3 is 2.22 bits per heavy atom. The van der Waals surface area contributed by atoms with Gasteiger partial charge in [0.15, 0.2) is 0 Å². The van der Waals surface area contributed by atoms with Crippen molar-refractivity contribution in [3.05, 3.63) is 59.7 Å². The lowest BCUT2D eigenvalue weighted by Crippen LogP contribution is -2.50. The molecule has 32 heavy (non-hydrogen) atoms. The molecule has 0 aromatic heterocycles. The molecular weight excluding hydrogens is 408 g/mol. The number of amides is 2. The summed E-state index contributed by atoms with van der Waals surface area (Å²) >= 11 is 0. The quantitative estimate of drug-likeness (QED) is 0.721. The van der Waals surface area contributed by atoms with E-state index < -0.39 is 30.1 Å². The van der Waals surface area contributed by atoms with E-state index in [2.05, 4.69) is 17.4 Å². The number of carbonyl (C=O) groups is 3. The van der Waals surface area contributed by atoms with Crippen LogP contribution >= 0.6 is 0 Å². The first-order valence-electron chi connectivity index (χ1n) is 11.1. The van der Waals surface area contributed by atoms with Gasteiger partial charge in [0.05, 0.1) is 5.92 Å². The number of carboxylic acid groups (broad SMARTS) is 1. The second-order valence-corrected chi connectivity index (χ2v) is 8.44. The second-order valence-electron chi connectivity index (χ2n) is 8.44. The molecule has 2 unspecified atom stereocenters. The molecule has 0 spiro atoms. The lowest BCUT2D eigenvalue weighted by atomic mass is 9.98. The van der Waals surface area contributed by atoms with Gasteiger partial charge in [-0.25, -0.2) is 4.79 Å². The van der Waals surface area contributed by atoms with Crippen LogP contribution in [0.25, 0.3) is 11.1 Å². The molecule has 1 heterocycles. The summed E-state index contributed by atoms with van der Waals surface area (Å²) in [4.78, 5) is 38.4. The van der Waals surface area contributed by atoms with Crippen LogP contribution in [-0.4, -0.2) is 53.2 Å². The van der Waals surface area contributed by atoms with Crippen molar-refractivity contribution < 1.29 is 24.2 Å². The smallest absolute Gasteiger partial charge is 0.407 e. The minimum atomic E-state index is -0.898. The zero-order chi connectivity index (χ0) is 22.8. The summed E-state index contributed by atoms with van der Waals surface area (Å²) < 4.78 is 5.56. The minimum absolute atomic E-state index is 0.0566. The highest BCUT2D eigenvalue weighted by Gasteiger charge is 2.40. The first kappa shape index (κ1) is 21.9. The molecule has 2 amide bonds. The predicted octanol–water partition coefficient (Wildman–Crippen LogP) is 3.63. The Hall–Kier alpha value is -3.35. The van der Waals surface area contributed by atoms with E-state index in [9.17, 15) is 19.5 Å². The average Bonchev–Trinajstić information content (AvgIpc) is 3.34. The van der Waals surface area contributed by atoms with Crippen LogP contribution in [0.4, 0.5) is 4.79 Å². The van der Waals surface area contributed by atoms with Crippen LogP contribution in [0.2, 0.25) is 0 Å². The lowest BCUT2D eigenvalue weighted by molar-refractivity contribution is -0.143. The summed E-state index contributed by atoms with van der Waals surface area (Å²) in [5, 5.41) is 12.0. The predicted molar refractivity (Wildman–Crippen MR) is 119 cm³/mol. The molecule has 1 aliphatic heterocycles. The number of rotatable bonds is 6. The van der Waals surface area contributed by atoms with Gasteiger partial charge in [0.25, 0.3) is 0 Å². The van der Waals surface area contributed by atoms with Gasteiger partial charge in [-0.2, -0.15) is 0 Å². The van der Waals surface area contributed by atoms with Crippen molar-refractivity contribution in [3.8, 4) is 11.1 Å². The SMILES string of the molecule is CC[C@@H](NC(=O)OCC1c2ccccc2-c2ccccc21)C(=O)N1CCC(C(=O)O)C1C. The number of hydrogen-bond donors (Lipinski definition) is 2. The first-order chi connectivity index (χ1) is 15.4. The van der Waals surface area contributed by atoms with Crippen molar-refractivity contribution in [1.29, 1.82) is 0 Å². The van der Waals surface area contributed by atoms with Crippen LogP contribution in [0.15, 0.2) is 48.5 Å². The van der Waals surface area contributed by atoms with Gasteiger partial charge in [-0.3, -0.25) is 9.59 Å². The summed E-state index contributed by atoms with van der Waals surface area (Å²) in [6.45, 7) is 4.09. The lowest BCUT2D eigenvalue weighted by Gasteiger charge is -2.28. The topological polar surface area (TPSA) is 95.9 Å². The van der Waals surface area contributed by atoms with Crippen LogP contribution in [0, 0.1) is 5.92 Å². The summed E-state index contributed by atoms with van der Waals surface area (Å²) in [5.74, 6) is -1.80. The molecule has 1 aliphatic carbocycles. The van der Waals surface area contributed by atoms with Crippen LogP contribution in [0.3, 0.4) is 0 Å². The standard InChI is InChI=1S/C25H28N2O5/c1-3-22(23(28)27-13-12-16(15(27)2)24(29)30)26-25(31)32-14-21-19-10-6-4-8-17(19)18-9-5-7-11-20(18)21/h4-11,15-16,21-22H,3,12-14H2,1-2H3,(H,26,31)(H,29,30)/t15?,16?,22-/m1/s1. The fraction of sp³-hybridized carbons (Fsp3) is 0.400. The molecule has 1 saturated heterocycles. The van der Waals surface area contributed by atoms with E-state index in [1.807, 2.05) is 43.3 Å². The largest absolute Gasteiger partial charge is 0.481 e. The van der Waals surface area contributed by atoms with Crippen LogP contribution in [0.1, 0.15) is 43.7 Å². The summed E-state index contributed by atoms with van der Waals surface area (Å²) in [6.07, 6.45) is 0.168. The van der Waals surface area contributed by atoms with E-state index in [4.69, 9.17) is 4.74 Å². The van der Waals surface area contributed by atoms with Crippen LogP contribution in [-0.2, 0) is 14.3 Å². The Morgan fingerprint density at radius 1 is 1.09 bits per heavy atom. The summed E-state index contributed by atoms with van der Waals surface area (Å²) in [5.41, 5.74) is 4.54. The minimum Gasteiger partial charge on any atom is -0.481 e. The van der Waals surface area contributed by atoms with E-state index in [1.54, 1.807) is 11.8 Å². The van der Waals surface area contributed by atoms with Crippen molar-refractivity contribution in [1.82, 2.24) is 10.2 Å². The van der Waals surface area contributed by atoms with Crippen molar-refractivity contribution in [2.75, 3.05) is 13.2 Å². The van der Waals surface area contributed by atoms with Crippen LogP contribution in [0.5, 0.6) is 0 Å². The monoisotopic (exact) mass is 436 g/mol. The summed E-state index contributed by atoms with van der Waals surface area (Å²) in [7, 11) is 0. The maximum atomic E-state index is 12.9. The number of carboxylic acids is 1. The van der Waals surface area contributed by atoms with Gasteiger partial charge in [0.1, 0.15) is 12.6 Å². The van der Waals surface area contributed by atoms with Gasteiger partial charge < -0.3 is 20.1 Å². The van der Waals surface area contributed by atoms with Gasteiger partial charge in [-0.15, -0.1) is 0 Å². The molecular formula is C25H28N2O5. The molecule has 0 radical (unpaired) electrons. The zero-order valence-corrected chi connectivity index (χ0v) is 18.3. The number of carbonyl (C=O) groups excluding carboxylic acids is 2. The van der Waals surface area contributed by atoms with Crippen molar-refractivity contribution in [2.45, 2.75) is 44.7 Å². The van der Waals surface area contributed by atoms with Crippen molar-refractivity contribution in [2.24, 2.45) is 5.92 Å². The van der Waals surface area contributed by atoms with E-state index in [0.29, 0.717) is 19.4 Å². The molecule has 1 fully saturated rings. The van der Waals surface area contributed by atoms with Gasteiger partial charge >= 0.3 is 12.1 Å². The molecule has 3 atom stereocenters. The number of alkyl carbamates (subject to hydrolysis) is 1. The first-order valence-corrected chi connectivity index (χ1v) is 11.1. The number of likely N-dealkylation sites (tertiary alicyclic amines) is 1. The van der Waals surface area contributed by atoms with Crippen molar-refractivity contribution >= 4 is 18.0 Å². The van der Waals surface area contributed by atoms with E-state index >= 15 is 0 Å². The maximum Gasteiger partial charge on any atom is 0.407 e. The molecule has 0 bridgehead atoms. The number of hydrogen-bond acceptors (Lipinski definition) is 4. The third-order valence-electron chi connectivity index (χ3n) is 6.70. The molecule has 2 aliphatic rings. The molecule has 168 valence electrons. The Morgan fingerprint density at radius 2 is 1.69 bits per heavy atom. The van der Waals surface area contributed by atoms with Crippen molar-refractivity contribution in [3.63, 3.8) is 0 Å². The zero-order valence-electron chi connectivity index (χ0n) is 18.3. The molecule has 7 heteroatoms. The van der Waals surface area contributed by atoms with Gasteiger partial charge in [0.2, 0.25) is 5.91 Å². The number of nitrogens with one attached hydrogen (secondary N) is 1. The van der Waals surface area contributed by atoms with Gasteiger partial charge in [0, 0.05) is 18.5 Å². The average molecular weight is 437 g/mol. The molecule has 2 N–H and O–H groups in total. The van der Waals surface area contributed by atoms with E-state index in [-0.39, 0.29) is 18.4 Å². The Kier molecular flexibility index (Phi) is 6.17. The van der Waals surface area contributed by atoms with Crippen LogP contribution < -0.4 is 5.32 Å². The van der Waals surface area contributed by atoms with Gasteiger partial charge in [-0.1, -0.05) is 55.5 Å². The summed E-state index contributed by atoms with van der Waals surface area (Å²) in [6, 6.07) is 15.0. The third kappa shape index (κ3) is 3.95. The Bertz CT molecular complexity index is 991. The number of ether oxygens (including phenoxy) is 1. The number of benzene rings is 2.